The summed E-state index contributed by atoms with van der Waals surface area (Å²) in [5.74, 6) is 3.18. The zero-order valence-electron chi connectivity index (χ0n) is 8.46. The van der Waals surface area contributed by atoms with Gasteiger partial charge in [0.15, 0.2) is 0 Å². The van der Waals surface area contributed by atoms with Crippen LogP contribution in [0.15, 0.2) is 0 Å². The Kier molecular flexibility index (Phi) is 4.48. The standard InChI is InChI=1S/C11H18N2O/c1-2-4-10(12)11(14)13-8-3-5-9-6-7-9/h1,9-10H,3-8,12H2,(H,13,14). The van der Waals surface area contributed by atoms with Gasteiger partial charge in [-0.25, -0.2) is 0 Å². The molecule has 0 aliphatic heterocycles. The molecule has 1 rings (SSSR count). The molecule has 1 unspecified atom stereocenters. The van der Waals surface area contributed by atoms with Crippen LogP contribution in [0.25, 0.3) is 0 Å². The van der Waals surface area contributed by atoms with Gasteiger partial charge in [0.25, 0.3) is 0 Å². The maximum absolute atomic E-state index is 11.3. The lowest BCUT2D eigenvalue weighted by molar-refractivity contribution is -0.122. The van der Waals surface area contributed by atoms with Crippen LogP contribution in [0.1, 0.15) is 32.1 Å². The third kappa shape index (κ3) is 4.29. The Hall–Kier alpha value is -1.01. The highest BCUT2D eigenvalue weighted by atomic mass is 16.2. The highest BCUT2D eigenvalue weighted by Gasteiger charge is 2.20. The third-order valence-corrected chi connectivity index (χ3v) is 2.46. The van der Waals surface area contributed by atoms with Gasteiger partial charge in [0.2, 0.25) is 5.91 Å². The lowest BCUT2D eigenvalue weighted by Gasteiger charge is -2.08. The first kappa shape index (κ1) is 11.1. The van der Waals surface area contributed by atoms with Crippen LogP contribution in [0.5, 0.6) is 0 Å². The summed E-state index contributed by atoms with van der Waals surface area (Å²) >= 11 is 0. The van der Waals surface area contributed by atoms with E-state index >= 15 is 0 Å². The molecule has 1 atom stereocenters. The van der Waals surface area contributed by atoms with Crippen molar-refractivity contribution in [2.75, 3.05) is 6.54 Å². The number of nitrogens with one attached hydrogen (secondary N) is 1. The van der Waals surface area contributed by atoms with Gasteiger partial charge < -0.3 is 11.1 Å². The second-order valence-electron chi connectivity index (χ2n) is 3.89. The molecule has 0 heterocycles. The smallest absolute Gasteiger partial charge is 0.237 e. The summed E-state index contributed by atoms with van der Waals surface area (Å²) in [5, 5.41) is 2.79. The molecule has 0 radical (unpaired) electrons. The van der Waals surface area contributed by atoms with E-state index in [4.69, 9.17) is 12.2 Å². The highest BCUT2D eigenvalue weighted by molar-refractivity contribution is 5.81. The fourth-order valence-corrected chi connectivity index (χ4v) is 1.36. The lowest BCUT2D eigenvalue weighted by Crippen LogP contribution is -2.40. The summed E-state index contributed by atoms with van der Waals surface area (Å²) in [6.07, 6.45) is 10.4. The minimum Gasteiger partial charge on any atom is -0.355 e. The van der Waals surface area contributed by atoms with E-state index in [1.807, 2.05) is 0 Å². The number of terminal acetylenes is 1. The van der Waals surface area contributed by atoms with Crippen molar-refractivity contribution in [3.63, 3.8) is 0 Å². The zero-order chi connectivity index (χ0) is 10.4. The third-order valence-electron chi connectivity index (χ3n) is 2.46. The van der Waals surface area contributed by atoms with Gasteiger partial charge in [-0.1, -0.05) is 12.8 Å². The molecule has 0 saturated heterocycles. The van der Waals surface area contributed by atoms with Gasteiger partial charge in [0.1, 0.15) is 0 Å². The molecule has 78 valence electrons. The van der Waals surface area contributed by atoms with E-state index in [-0.39, 0.29) is 5.91 Å². The van der Waals surface area contributed by atoms with Crippen molar-refractivity contribution in [1.29, 1.82) is 0 Å². The molecule has 0 bridgehead atoms. The van der Waals surface area contributed by atoms with Crippen molar-refractivity contribution in [2.45, 2.75) is 38.1 Å². The molecule has 0 aromatic heterocycles. The molecule has 1 aliphatic rings. The molecule has 1 aliphatic carbocycles. The van der Waals surface area contributed by atoms with Gasteiger partial charge in [-0.2, -0.15) is 0 Å². The number of hydrogen-bond acceptors (Lipinski definition) is 2. The predicted octanol–water partition coefficient (Wildman–Crippen LogP) is 0.643. The summed E-state index contributed by atoms with van der Waals surface area (Å²) in [4.78, 5) is 11.3. The fourth-order valence-electron chi connectivity index (χ4n) is 1.36. The Morgan fingerprint density at radius 3 is 2.93 bits per heavy atom. The van der Waals surface area contributed by atoms with Gasteiger partial charge >= 0.3 is 0 Å². The van der Waals surface area contributed by atoms with Gasteiger partial charge in [-0.3, -0.25) is 4.79 Å². The molecule has 3 heteroatoms. The normalized spacial score (nSPS) is 17.1. The second kappa shape index (κ2) is 5.66. The molecule has 0 spiro atoms. The van der Waals surface area contributed by atoms with Crippen molar-refractivity contribution in [3.05, 3.63) is 0 Å². The van der Waals surface area contributed by atoms with Crippen molar-refractivity contribution in [1.82, 2.24) is 5.32 Å². The Balaban J connectivity index is 1.98. The Morgan fingerprint density at radius 2 is 2.36 bits per heavy atom. The van der Waals surface area contributed by atoms with E-state index < -0.39 is 6.04 Å². The largest absolute Gasteiger partial charge is 0.355 e. The zero-order valence-corrected chi connectivity index (χ0v) is 8.46. The van der Waals surface area contributed by atoms with Crippen molar-refractivity contribution < 1.29 is 4.79 Å². The van der Waals surface area contributed by atoms with Crippen LogP contribution in [-0.4, -0.2) is 18.5 Å². The molecule has 0 aromatic rings. The average molecular weight is 194 g/mol. The maximum atomic E-state index is 11.3. The van der Waals surface area contributed by atoms with Crippen molar-refractivity contribution in [2.24, 2.45) is 11.7 Å². The number of carbonyl (C=O) groups excluding carboxylic acids is 1. The van der Waals surface area contributed by atoms with Gasteiger partial charge in [0, 0.05) is 13.0 Å². The van der Waals surface area contributed by atoms with Crippen molar-refractivity contribution in [3.8, 4) is 12.3 Å². The Morgan fingerprint density at radius 1 is 1.64 bits per heavy atom. The summed E-state index contributed by atoms with van der Waals surface area (Å²) in [5.41, 5.74) is 5.53. The van der Waals surface area contributed by atoms with Crippen LogP contribution >= 0.6 is 0 Å². The number of amides is 1. The first-order chi connectivity index (χ1) is 6.74. The molecule has 3 nitrogen and oxygen atoms in total. The lowest BCUT2D eigenvalue weighted by atomic mass is 10.2. The quantitative estimate of drug-likeness (QED) is 0.481. The number of hydrogen-bond donors (Lipinski definition) is 2. The topological polar surface area (TPSA) is 55.1 Å². The number of carbonyl (C=O) groups is 1. The average Bonchev–Trinajstić information content (AvgIpc) is 2.96. The first-order valence-electron chi connectivity index (χ1n) is 5.20. The van der Waals surface area contributed by atoms with E-state index in [1.54, 1.807) is 0 Å². The molecular weight excluding hydrogens is 176 g/mol. The Labute approximate surface area is 85.4 Å². The van der Waals surface area contributed by atoms with E-state index in [2.05, 4.69) is 11.2 Å². The van der Waals surface area contributed by atoms with Gasteiger partial charge in [-0.05, 0) is 18.8 Å². The van der Waals surface area contributed by atoms with Gasteiger partial charge in [-0.15, -0.1) is 12.3 Å². The van der Waals surface area contributed by atoms with Crippen LogP contribution in [0.4, 0.5) is 0 Å². The molecule has 14 heavy (non-hydrogen) atoms. The second-order valence-corrected chi connectivity index (χ2v) is 3.89. The summed E-state index contributed by atoms with van der Waals surface area (Å²) in [6.45, 7) is 0.730. The van der Waals surface area contributed by atoms with Crippen LogP contribution in [0.3, 0.4) is 0 Å². The maximum Gasteiger partial charge on any atom is 0.237 e. The summed E-state index contributed by atoms with van der Waals surface area (Å²) in [6, 6.07) is -0.541. The fraction of sp³-hybridized carbons (Fsp3) is 0.727. The van der Waals surface area contributed by atoms with E-state index in [0.717, 1.165) is 18.9 Å². The minimum absolute atomic E-state index is 0.126. The molecule has 0 aromatic carbocycles. The first-order valence-corrected chi connectivity index (χ1v) is 5.20. The molecule has 1 amide bonds. The highest BCUT2D eigenvalue weighted by Crippen LogP contribution is 2.33. The van der Waals surface area contributed by atoms with Crippen molar-refractivity contribution >= 4 is 5.91 Å². The number of rotatable bonds is 6. The monoisotopic (exact) mass is 194 g/mol. The number of nitrogens with two attached hydrogens (primary N) is 1. The summed E-state index contributed by atoms with van der Waals surface area (Å²) < 4.78 is 0. The predicted molar refractivity (Wildman–Crippen MR) is 56.4 cm³/mol. The molecule has 1 saturated carbocycles. The van der Waals surface area contributed by atoms with E-state index in [1.165, 1.54) is 19.3 Å². The molecule has 1 fully saturated rings. The molecular formula is C11H18N2O. The van der Waals surface area contributed by atoms with Crippen LogP contribution in [0.2, 0.25) is 0 Å². The summed E-state index contributed by atoms with van der Waals surface area (Å²) in [7, 11) is 0. The molecule has 3 N–H and O–H groups in total. The van der Waals surface area contributed by atoms with E-state index in [0.29, 0.717) is 6.42 Å². The SMILES string of the molecule is C#CCC(N)C(=O)NCCCC1CC1. The minimum atomic E-state index is -0.541. The van der Waals surface area contributed by atoms with Crippen LogP contribution < -0.4 is 11.1 Å². The van der Waals surface area contributed by atoms with Gasteiger partial charge in [0.05, 0.1) is 6.04 Å². The van der Waals surface area contributed by atoms with Crippen LogP contribution in [-0.2, 0) is 4.79 Å². The van der Waals surface area contributed by atoms with Crippen LogP contribution in [0, 0.1) is 18.3 Å². The Bertz CT molecular complexity index is 228. The van der Waals surface area contributed by atoms with E-state index in [9.17, 15) is 4.79 Å².